The molecule has 1 aliphatic heterocycles. The number of hydrogen-bond acceptors (Lipinski definition) is 3. The van der Waals surface area contributed by atoms with E-state index in [0.717, 1.165) is 31.8 Å². The Morgan fingerprint density at radius 3 is 2.59 bits per heavy atom. The Balaban J connectivity index is 1.87. The highest BCUT2D eigenvalue weighted by atomic mass is 16.5. The van der Waals surface area contributed by atoms with E-state index in [1.165, 1.54) is 12.8 Å². The first-order valence-corrected chi connectivity index (χ1v) is 6.88. The van der Waals surface area contributed by atoms with Crippen molar-refractivity contribution in [1.82, 2.24) is 4.90 Å². The molecule has 2 unspecified atom stereocenters. The monoisotopic (exact) mass is 241 g/mol. The first-order valence-electron chi connectivity index (χ1n) is 6.88. The number of likely N-dealkylation sites (tertiary alicyclic amines) is 1. The van der Waals surface area contributed by atoms with Gasteiger partial charge in [0.25, 0.3) is 0 Å². The van der Waals surface area contributed by atoms with E-state index in [1.807, 2.05) is 0 Å². The van der Waals surface area contributed by atoms with Gasteiger partial charge in [-0.2, -0.15) is 0 Å². The first kappa shape index (κ1) is 13.3. The zero-order chi connectivity index (χ0) is 12.7. The lowest BCUT2D eigenvalue weighted by Gasteiger charge is -2.29. The summed E-state index contributed by atoms with van der Waals surface area (Å²) < 4.78 is 5.43. The summed E-state index contributed by atoms with van der Waals surface area (Å²) in [5.74, 6) is 0. The van der Waals surface area contributed by atoms with Crippen molar-refractivity contribution in [3.8, 4) is 0 Å². The molecule has 0 bridgehead atoms. The second-order valence-electron chi connectivity index (χ2n) is 6.64. The molecule has 3 heteroatoms. The largest absolute Gasteiger partial charge is 0.388 e. The van der Waals surface area contributed by atoms with Gasteiger partial charge in [0.15, 0.2) is 0 Å². The van der Waals surface area contributed by atoms with Crippen molar-refractivity contribution in [1.29, 1.82) is 0 Å². The summed E-state index contributed by atoms with van der Waals surface area (Å²) in [6, 6.07) is 1.30. The average molecular weight is 241 g/mol. The molecule has 17 heavy (non-hydrogen) atoms. The van der Waals surface area contributed by atoms with Crippen molar-refractivity contribution in [2.45, 2.75) is 76.2 Å². The number of ether oxygens (including phenoxy) is 1. The first-order chi connectivity index (χ1) is 7.85. The zero-order valence-corrected chi connectivity index (χ0v) is 11.7. The van der Waals surface area contributed by atoms with Gasteiger partial charge in [0.2, 0.25) is 0 Å². The highest BCUT2D eigenvalue weighted by Gasteiger charge is 2.46. The Labute approximate surface area is 105 Å². The Hall–Kier alpha value is -0.120. The van der Waals surface area contributed by atoms with E-state index in [2.05, 4.69) is 25.7 Å². The molecular formula is C14H27NO2. The van der Waals surface area contributed by atoms with E-state index in [-0.39, 0.29) is 5.60 Å². The van der Waals surface area contributed by atoms with E-state index in [1.54, 1.807) is 7.11 Å². The van der Waals surface area contributed by atoms with Gasteiger partial charge in [0.1, 0.15) is 0 Å². The molecule has 1 aliphatic carbocycles. The second-order valence-corrected chi connectivity index (χ2v) is 6.64. The number of methoxy groups -OCH3 is 1. The number of rotatable bonds is 5. The van der Waals surface area contributed by atoms with Crippen LogP contribution in [-0.4, -0.2) is 46.9 Å². The number of β-amino-alcohol motifs (C(OH)–C–C–N with tert-alkyl or cyclic N) is 1. The van der Waals surface area contributed by atoms with Crippen molar-refractivity contribution in [2.24, 2.45) is 0 Å². The van der Waals surface area contributed by atoms with Gasteiger partial charge in [0.05, 0.1) is 11.2 Å². The van der Waals surface area contributed by atoms with E-state index in [0.29, 0.717) is 6.04 Å². The standard InChI is InChI=1S/C14H27NO2/c1-11-9-14(16,8-7-13(2,3)17-4)10-15(11)12-5-6-12/h11-12,16H,5-10H2,1-4H3. The third-order valence-electron chi connectivity index (χ3n) is 4.48. The molecule has 3 nitrogen and oxygen atoms in total. The normalized spacial score (nSPS) is 35.5. The predicted octanol–water partition coefficient (Wildman–Crippen LogP) is 2.18. The van der Waals surface area contributed by atoms with Crippen LogP contribution in [0.4, 0.5) is 0 Å². The average Bonchev–Trinajstić information content (AvgIpc) is 3.04. The molecule has 0 aromatic carbocycles. The van der Waals surface area contributed by atoms with E-state index in [4.69, 9.17) is 4.74 Å². The molecule has 1 saturated carbocycles. The summed E-state index contributed by atoms with van der Waals surface area (Å²) in [7, 11) is 1.75. The highest BCUT2D eigenvalue weighted by Crippen LogP contribution is 2.39. The minimum Gasteiger partial charge on any atom is -0.388 e. The molecule has 0 spiro atoms. The Bertz CT molecular complexity index is 275. The van der Waals surface area contributed by atoms with Gasteiger partial charge < -0.3 is 9.84 Å². The molecule has 2 fully saturated rings. The fourth-order valence-electron chi connectivity index (χ4n) is 2.94. The summed E-state index contributed by atoms with van der Waals surface area (Å²) in [4.78, 5) is 2.50. The number of nitrogens with zero attached hydrogens (tertiary/aromatic N) is 1. The van der Waals surface area contributed by atoms with E-state index < -0.39 is 5.60 Å². The molecular weight excluding hydrogens is 214 g/mol. The van der Waals surface area contributed by atoms with Crippen LogP contribution in [0.25, 0.3) is 0 Å². The molecule has 1 heterocycles. The second kappa shape index (κ2) is 4.52. The summed E-state index contributed by atoms with van der Waals surface area (Å²) in [5.41, 5.74) is -0.607. The van der Waals surface area contributed by atoms with Crippen LogP contribution in [0.3, 0.4) is 0 Å². The third kappa shape index (κ3) is 3.21. The van der Waals surface area contributed by atoms with Crippen molar-refractivity contribution in [3.05, 3.63) is 0 Å². The molecule has 2 aliphatic rings. The lowest BCUT2D eigenvalue weighted by molar-refractivity contribution is -0.0223. The van der Waals surface area contributed by atoms with Crippen LogP contribution in [0, 0.1) is 0 Å². The molecule has 1 saturated heterocycles. The minimum atomic E-state index is -0.488. The van der Waals surface area contributed by atoms with Gasteiger partial charge in [-0.3, -0.25) is 4.90 Å². The Morgan fingerprint density at radius 2 is 2.06 bits per heavy atom. The SMILES string of the molecule is COC(C)(C)CCC1(O)CC(C)N(C2CC2)C1. The van der Waals surface area contributed by atoms with Crippen LogP contribution >= 0.6 is 0 Å². The van der Waals surface area contributed by atoms with Crippen molar-refractivity contribution in [3.63, 3.8) is 0 Å². The topological polar surface area (TPSA) is 32.7 Å². The van der Waals surface area contributed by atoms with E-state index >= 15 is 0 Å². The molecule has 1 N–H and O–H groups in total. The highest BCUT2D eigenvalue weighted by molar-refractivity contribution is 5.01. The van der Waals surface area contributed by atoms with Crippen LogP contribution in [0.1, 0.15) is 52.9 Å². The summed E-state index contributed by atoms with van der Waals surface area (Å²) in [6.07, 6.45) is 5.34. The van der Waals surface area contributed by atoms with Gasteiger partial charge in [0, 0.05) is 25.7 Å². The van der Waals surface area contributed by atoms with Crippen molar-refractivity contribution < 1.29 is 9.84 Å². The fraction of sp³-hybridized carbons (Fsp3) is 1.00. The smallest absolute Gasteiger partial charge is 0.0790 e. The van der Waals surface area contributed by atoms with Crippen LogP contribution in [0.5, 0.6) is 0 Å². The van der Waals surface area contributed by atoms with Crippen LogP contribution in [0.15, 0.2) is 0 Å². The molecule has 0 radical (unpaired) electrons. The summed E-state index contributed by atoms with van der Waals surface area (Å²) >= 11 is 0. The molecule has 0 aromatic rings. The van der Waals surface area contributed by atoms with Crippen LogP contribution in [0.2, 0.25) is 0 Å². The maximum atomic E-state index is 10.7. The molecule has 2 atom stereocenters. The number of aliphatic hydroxyl groups is 1. The summed E-state index contributed by atoms with van der Waals surface area (Å²) in [5, 5.41) is 10.7. The Kier molecular flexibility index (Phi) is 3.54. The Morgan fingerprint density at radius 1 is 1.41 bits per heavy atom. The lowest BCUT2D eigenvalue weighted by atomic mass is 9.89. The van der Waals surface area contributed by atoms with Gasteiger partial charge in [-0.1, -0.05) is 0 Å². The molecule has 0 aromatic heterocycles. The number of hydrogen-bond donors (Lipinski definition) is 1. The lowest BCUT2D eigenvalue weighted by Crippen LogP contribution is -2.37. The van der Waals surface area contributed by atoms with Gasteiger partial charge in [-0.05, 0) is 52.9 Å². The minimum absolute atomic E-state index is 0.119. The van der Waals surface area contributed by atoms with Crippen molar-refractivity contribution >= 4 is 0 Å². The van der Waals surface area contributed by atoms with Crippen molar-refractivity contribution in [2.75, 3.05) is 13.7 Å². The molecule has 2 rings (SSSR count). The van der Waals surface area contributed by atoms with Crippen LogP contribution in [-0.2, 0) is 4.74 Å². The van der Waals surface area contributed by atoms with Gasteiger partial charge >= 0.3 is 0 Å². The predicted molar refractivity (Wildman–Crippen MR) is 69.1 cm³/mol. The zero-order valence-electron chi connectivity index (χ0n) is 11.7. The third-order valence-corrected chi connectivity index (χ3v) is 4.48. The molecule has 0 amide bonds. The molecule has 100 valence electrons. The maximum absolute atomic E-state index is 10.7. The van der Waals surface area contributed by atoms with Gasteiger partial charge in [-0.25, -0.2) is 0 Å². The maximum Gasteiger partial charge on any atom is 0.0790 e. The van der Waals surface area contributed by atoms with Crippen LogP contribution < -0.4 is 0 Å². The summed E-state index contributed by atoms with van der Waals surface area (Å²) in [6.45, 7) is 7.29. The quantitative estimate of drug-likeness (QED) is 0.801. The fourth-order valence-corrected chi connectivity index (χ4v) is 2.94. The van der Waals surface area contributed by atoms with E-state index in [9.17, 15) is 5.11 Å². The van der Waals surface area contributed by atoms with Gasteiger partial charge in [-0.15, -0.1) is 0 Å².